The predicted octanol–water partition coefficient (Wildman–Crippen LogP) is 2.87. The molecule has 1 N–H and O–H groups in total. The molecule has 4 heteroatoms. The van der Waals surface area contributed by atoms with Crippen LogP contribution in [0, 0.1) is 0 Å². The molecular weight excluding hydrogens is 214 g/mol. The van der Waals surface area contributed by atoms with Crippen LogP contribution in [0.1, 0.15) is 0 Å². The molecule has 1 aromatic heterocycles. The molecule has 0 aliphatic heterocycles. The first-order valence-corrected chi connectivity index (χ1v) is 5.28. The summed E-state index contributed by atoms with van der Waals surface area (Å²) in [6.07, 6.45) is 3.23. The topological polar surface area (TPSA) is 47.0 Å². The van der Waals surface area contributed by atoms with Crippen molar-refractivity contribution in [3.8, 4) is 11.6 Å². The Morgan fingerprint density at radius 1 is 1.24 bits per heavy atom. The molecule has 2 rings (SSSR count). The summed E-state index contributed by atoms with van der Waals surface area (Å²) in [4.78, 5) is 8.11. The summed E-state index contributed by atoms with van der Waals surface area (Å²) in [6.45, 7) is 4.28. The van der Waals surface area contributed by atoms with E-state index in [9.17, 15) is 0 Å². The molecule has 0 saturated carbocycles. The zero-order valence-electron chi connectivity index (χ0n) is 9.34. The van der Waals surface area contributed by atoms with E-state index in [0.29, 0.717) is 18.2 Å². The molecule has 0 atom stereocenters. The molecule has 0 spiro atoms. The standard InChI is InChI=1S/C13H13N3O/c1-2-8-14-12-9-13(16-10-15-12)17-11-6-4-3-5-7-11/h2-7,9-10H,1,8H2,(H,14,15,16). The number of nitrogens with zero attached hydrogens (tertiary/aromatic N) is 2. The summed E-state index contributed by atoms with van der Waals surface area (Å²) in [5.74, 6) is 1.98. The number of para-hydroxylation sites is 1. The van der Waals surface area contributed by atoms with Crippen molar-refractivity contribution in [2.45, 2.75) is 0 Å². The van der Waals surface area contributed by atoms with Crippen LogP contribution in [-0.2, 0) is 0 Å². The third-order valence-corrected chi connectivity index (χ3v) is 2.04. The minimum atomic E-state index is 0.512. The van der Waals surface area contributed by atoms with Gasteiger partial charge in [-0.25, -0.2) is 9.97 Å². The van der Waals surface area contributed by atoms with Gasteiger partial charge < -0.3 is 10.1 Å². The molecule has 86 valence electrons. The molecule has 1 aromatic carbocycles. The van der Waals surface area contributed by atoms with Gasteiger partial charge in [0.2, 0.25) is 5.88 Å². The second-order valence-electron chi connectivity index (χ2n) is 3.33. The lowest BCUT2D eigenvalue weighted by Gasteiger charge is -2.06. The molecule has 0 unspecified atom stereocenters. The zero-order valence-corrected chi connectivity index (χ0v) is 9.34. The van der Waals surface area contributed by atoms with Crippen LogP contribution in [0.15, 0.2) is 55.4 Å². The summed E-state index contributed by atoms with van der Waals surface area (Å²) in [5, 5.41) is 3.07. The maximum Gasteiger partial charge on any atom is 0.224 e. The Morgan fingerprint density at radius 2 is 2.06 bits per heavy atom. The first kappa shape index (κ1) is 11.1. The quantitative estimate of drug-likeness (QED) is 0.798. The number of hydrogen-bond donors (Lipinski definition) is 1. The normalized spacial score (nSPS) is 9.65. The van der Waals surface area contributed by atoms with Gasteiger partial charge in [-0.3, -0.25) is 0 Å². The van der Waals surface area contributed by atoms with Crippen molar-refractivity contribution in [1.29, 1.82) is 0 Å². The third kappa shape index (κ3) is 3.31. The lowest BCUT2D eigenvalue weighted by Crippen LogP contribution is -2.00. The molecular formula is C13H13N3O. The summed E-state index contributed by atoms with van der Waals surface area (Å²) >= 11 is 0. The van der Waals surface area contributed by atoms with Gasteiger partial charge in [-0.2, -0.15) is 0 Å². The van der Waals surface area contributed by atoms with E-state index in [1.807, 2.05) is 30.3 Å². The number of nitrogens with one attached hydrogen (secondary N) is 1. The van der Waals surface area contributed by atoms with Crippen molar-refractivity contribution >= 4 is 5.82 Å². The van der Waals surface area contributed by atoms with Gasteiger partial charge in [-0.05, 0) is 12.1 Å². The molecule has 4 nitrogen and oxygen atoms in total. The van der Waals surface area contributed by atoms with Crippen molar-refractivity contribution < 1.29 is 4.74 Å². The summed E-state index contributed by atoms with van der Waals surface area (Å²) in [6, 6.07) is 11.2. The minimum absolute atomic E-state index is 0.512. The molecule has 0 amide bonds. The first-order chi connectivity index (χ1) is 8.38. The van der Waals surface area contributed by atoms with Crippen molar-refractivity contribution in [3.05, 3.63) is 55.4 Å². The number of aromatic nitrogens is 2. The molecule has 0 saturated heterocycles. The maximum absolute atomic E-state index is 5.58. The van der Waals surface area contributed by atoms with Gasteiger partial charge in [0.1, 0.15) is 17.9 Å². The van der Waals surface area contributed by atoms with Crippen molar-refractivity contribution in [2.75, 3.05) is 11.9 Å². The Hall–Kier alpha value is -2.36. The molecule has 0 aliphatic carbocycles. The highest BCUT2D eigenvalue weighted by Gasteiger charge is 2.00. The van der Waals surface area contributed by atoms with Crippen LogP contribution in [0.5, 0.6) is 11.6 Å². The second-order valence-corrected chi connectivity index (χ2v) is 3.33. The van der Waals surface area contributed by atoms with Gasteiger partial charge >= 0.3 is 0 Å². The van der Waals surface area contributed by atoms with E-state index in [2.05, 4.69) is 21.9 Å². The van der Waals surface area contributed by atoms with E-state index in [-0.39, 0.29) is 0 Å². The Bertz CT molecular complexity index is 485. The van der Waals surface area contributed by atoms with Crippen molar-refractivity contribution in [3.63, 3.8) is 0 Å². The molecule has 17 heavy (non-hydrogen) atoms. The van der Waals surface area contributed by atoms with E-state index in [4.69, 9.17) is 4.74 Å². The Morgan fingerprint density at radius 3 is 2.82 bits per heavy atom. The van der Waals surface area contributed by atoms with E-state index in [1.54, 1.807) is 12.1 Å². The Labute approximate surface area is 100.0 Å². The summed E-state index contributed by atoms with van der Waals surface area (Å²) in [7, 11) is 0. The highest BCUT2D eigenvalue weighted by atomic mass is 16.5. The number of anilines is 1. The molecule has 2 aromatic rings. The lowest BCUT2D eigenvalue weighted by atomic mass is 10.3. The van der Waals surface area contributed by atoms with Crippen LogP contribution < -0.4 is 10.1 Å². The molecule has 0 fully saturated rings. The van der Waals surface area contributed by atoms with Crippen molar-refractivity contribution in [2.24, 2.45) is 0 Å². The minimum Gasteiger partial charge on any atom is -0.439 e. The number of hydrogen-bond acceptors (Lipinski definition) is 4. The van der Waals surface area contributed by atoms with E-state index >= 15 is 0 Å². The average molecular weight is 227 g/mol. The highest BCUT2D eigenvalue weighted by Crippen LogP contribution is 2.19. The fourth-order valence-electron chi connectivity index (χ4n) is 1.28. The third-order valence-electron chi connectivity index (χ3n) is 2.04. The zero-order chi connectivity index (χ0) is 11.9. The largest absolute Gasteiger partial charge is 0.439 e. The van der Waals surface area contributed by atoms with Gasteiger partial charge in [0.05, 0.1) is 0 Å². The van der Waals surface area contributed by atoms with Gasteiger partial charge in [-0.15, -0.1) is 6.58 Å². The van der Waals surface area contributed by atoms with Gasteiger partial charge in [0.25, 0.3) is 0 Å². The van der Waals surface area contributed by atoms with Crippen LogP contribution in [0.4, 0.5) is 5.82 Å². The van der Waals surface area contributed by atoms with Crippen LogP contribution in [0.2, 0.25) is 0 Å². The van der Waals surface area contributed by atoms with E-state index in [0.717, 1.165) is 5.75 Å². The van der Waals surface area contributed by atoms with Crippen LogP contribution in [-0.4, -0.2) is 16.5 Å². The van der Waals surface area contributed by atoms with Crippen molar-refractivity contribution in [1.82, 2.24) is 9.97 Å². The van der Waals surface area contributed by atoms with Gasteiger partial charge in [0.15, 0.2) is 0 Å². The van der Waals surface area contributed by atoms with Crippen LogP contribution in [0.25, 0.3) is 0 Å². The van der Waals surface area contributed by atoms with E-state index in [1.165, 1.54) is 6.33 Å². The van der Waals surface area contributed by atoms with Crippen LogP contribution >= 0.6 is 0 Å². The average Bonchev–Trinajstić information content (AvgIpc) is 2.38. The highest BCUT2D eigenvalue weighted by molar-refractivity contribution is 5.39. The lowest BCUT2D eigenvalue weighted by molar-refractivity contribution is 0.462. The smallest absolute Gasteiger partial charge is 0.224 e. The number of benzene rings is 1. The first-order valence-electron chi connectivity index (χ1n) is 5.28. The predicted molar refractivity (Wildman–Crippen MR) is 67.2 cm³/mol. The summed E-state index contributed by atoms with van der Waals surface area (Å²) < 4.78 is 5.58. The summed E-state index contributed by atoms with van der Waals surface area (Å²) in [5.41, 5.74) is 0. The molecule has 0 aliphatic rings. The Kier molecular flexibility index (Phi) is 3.70. The van der Waals surface area contributed by atoms with Crippen LogP contribution in [0.3, 0.4) is 0 Å². The fourth-order valence-corrected chi connectivity index (χ4v) is 1.28. The van der Waals surface area contributed by atoms with E-state index < -0.39 is 0 Å². The number of ether oxygens (including phenoxy) is 1. The Balaban J connectivity index is 2.08. The second kappa shape index (κ2) is 5.65. The molecule has 0 bridgehead atoms. The molecule has 0 radical (unpaired) electrons. The number of rotatable bonds is 5. The van der Waals surface area contributed by atoms with Gasteiger partial charge in [0, 0.05) is 12.6 Å². The van der Waals surface area contributed by atoms with Gasteiger partial charge in [-0.1, -0.05) is 24.3 Å². The monoisotopic (exact) mass is 227 g/mol. The SMILES string of the molecule is C=CCNc1cc(Oc2ccccc2)ncn1. The fraction of sp³-hybridized carbons (Fsp3) is 0.0769. The molecule has 1 heterocycles. The maximum atomic E-state index is 5.58.